The molecule has 5 rings (SSSR count). The van der Waals surface area contributed by atoms with E-state index in [-0.39, 0.29) is 0 Å². The summed E-state index contributed by atoms with van der Waals surface area (Å²) in [7, 11) is 8.35. The molecule has 0 aliphatic heterocycles. The first-order chi connectivity index (χ1) is 26.5. The second-order valence-electron chi connectivity index (χ2n) is 10.3. The molecule has 55 heavy (non-hydrogen) atoms. The van der Waals surface area contributed by atoms with Crippen molar-refractivity contribution in [3.05, 3.63) is 144 Å². The SMILES string of the molecule is CC.CC.COc1ccc(Br)c(C)c1.COc1ccc(Br)c(CBr)c1.COc1ccc(Br)c(CBr)c1.COc1cccc(C)c1.COc1cccc(CBr)c1. The largest absolute Gasteiger partial charge is 0.497 e. The van der Waals surface area contributed by atoms with Crippen LogP contribution in [0.5, 0.6) is 28.7 Å². The fraction of sp³-hybridized carbons (Fsp3) is 0.318. The molecule has 0 atom stereocenters. The number of ether oxygens (including phenoxy) is 5. The summed E-state index contributed by atoms with van der Waals surface area (Å²) in [5.74, 6) is 4.53. The van der Waals surface area contributed by atoms with Crippen molar-refractivity contribution in [3.63, 3.8) is 0 Å². The van der Waals surface area contributed by atoms with E-state index in [2.05, 4.69) is 102 Å². The molecule has 5 nitrogen and oxygen atoms in total. The van der Waals surface area contributed by atoms with Gasteiger partial charge in [0.1, 0.15) is 28.7 Å². The molecule has 0 aliphatic rings. The summed E-state index contributed by atoms with van der Waals surface area (Å²) in [5, 5.41) is 2.56. The molecule has 0 unspecified atom stereocenters. The van der Waals surface area contributed by atoms with Crippen LogP contribution in [0.2, 0.25) is 0 Å². The van der Waals surface area contributed by atoms with E-state index in [1.54, 1.807) is 35.5 Å². The summed E-state index contributed by atoms with van der Waals surface area (Å²) in [4.78, 5) is 0. The smallest absolute Gasteiger partial charge is 0.119 e. The van der Waals surface area contributed by atoms with E-state index in [0.29, 0.717) is 0 Å². The lowest BCUT2D eigenvalue weighted by atomic mass is 10.2. The highest BCUT2D eigenvalue weighted by Crippen LogP contribution is 2.25. The molecular formula is C44H56Br6O5. The Labute approximate surface area is 382 Å². The average Bonchev–Trinajstić information content (AvgIpc) is 3.24. The van der Waals surface area contributed by atoms with Gasteiger partial charge in [-0.25, -0.2) is 0 Å². The number of hydrogen-bond acceptors (Lipinski definition) is 5. The summed E-state index contributed by atoms with van der Waals surface area (Å²) in [6.07, 6.45) is 0. The number of halogens is 6. The maximum absolute atomic E-state index is 5.07. The van der Waals surface area contributed by atoms with Gasteiger partial charge in [0.15, 0.2) is 0 Å². The van der Waals surface area contributed by atoms with Crippen molar-refractivity contribution in [2.45, 2.75) is 57.5 Å². The quantitative estimate of drug-likeness (QED) is 0.145. The van der Waals surface area contributed by atoms with Crippen molar-refractivity contribution in [1.29, 1.82) is 0 Å². The van der Waals surface area contributed by atoms with Gasteiger partial charge in [0, 0.05) is 29.4 Å². The first-order valence-corrected chi connectivity index (χ1v) is 23.1. The third-order valence-electron chi connectivity index (χ3n) is 6.67. The molecule has 0 bridgehead atoms. The number of rotatable bonds is 8. The van der Waals surface area contributed by atoms with Crippen LogP contribution in [-0.4, -0.2) is 35.5 Å². The first kappa shape index (κ1) is 55.1. The second kappa shape index (κ2) is 35.2. The monoisotopic (exact) mass is 1140 g/mol. The number of aryl methyl sites for hydroxylation is 2. The predicted molar refractivity (Wildman–Crippen MR) is 258 cm³/mol. The van der Waals surface area contributed by atoms with Crippen molar-refractivity contribution < 1.29 is 23.7 Å². The molecule has 0 saturated heterocycles. The van der Waals surface area contributed by atoms with Crippen LogP contribution < -0.4 is 23.7 Å². The molecule has 0 N–H and O–H groups in total. The predicted octanol–water partition coefficient (Wildman–Crippen LogP) is 16.1. The van der Waals surface area contributed by atoms with Gasteiger partial charge in [-0.05, 0) is 121 Å². The van der Waals surface area contributed by atoms with Gasteiger partial charge >= 0.3 is 0 Å². The Bertz CT molecular complexity index is 1650. The van der Waals surface area contributed by atoms with Crippen molar-refractivity contribution in [3.8, 4) is 28.7 Å². The number of alkyl halides is 3. The summed E-state index contributed by atoms with van der Waals surface area (Å²) in [6, 6.07) is 33.7. The van der Waals surface area contributed by atoms with E-state index in [0.717, 1.165) is 58.2 Å². The molecule has 11 heteroatoms. The Balaban J connectivity index is 0. The maximum Gasteiger partial charge on any atom is 0.119 e. The van der Waals surface area contributed by atoms with Crippen molar-refractivity contribution >= 4 is 95.6 Å². The van der Waals surface area contributed by atoms with Gasteiger partial charge in [-0.1, -0.05) is 148 Å². The Hall–Kier alpha value is -2.02. The minimum absolute atomic E-state index is 0.838. The zero-order chi connectivity index (χ0) is 42.2. The molecule has 0 aromatic heterocycles. The molecule has 0 radical (unpaired) electrons. The molecule has 5 aromatic carbocycles. The van der Waals surface area contributed by atoms with Crippen molar-refractivity contribution in [2.24, 2.45) is 0 Å². The maximum atomic E-state index is 5.07. The van der Waals surface area contributed by atoms with Gasteiger partial charge in [0.25, 0.3) is 0 Å². The average molecular weight is 1140 g/mol. The zero-order valence-electron chi connectivity index (χ0n) is 33.7. The van der Waals surface area contributed by atoms with Gasteiger partial charge < -0.3 is 23.7 Å². The normalized spacial score (nSPS) is 9.04. The van der Waals surface area contributed by atoms with Crippen LogP contribution >= 0.6 is 95.6 Å². The summed E-state index contributed by atoms with van der Waals surface area (Å²) in [5.41, 5.74) is 6.06. The molecule has 0 fully saturated rings. The number of hydrogen-bond donors (Lipinski definition) is 0. The van der Waals surface area contributed by atoms with Crippen molar-refractivity contribution in [2.75, 3.05) is 35.5 Å². The molecule has 0 aliphatic carbocycles. The van der Waals surface area contributed by atoms with Gasteiger partial charge in [0.2, 0.25) is 0 Å². The van der Waals surface area contributed by atoms with E-state index in [1.165, 1.54) is 27.8 Å². The summed E-state index contributed by atoms with van der Waals surface area (Å²) in [6.45, 7) is 12.1. The van der Waals surface area contributed by atoms with Crippen LogP contribution in [0.15, 0.2) is 117 Å². The highest BCUT2D eigenvalue weighted by atomic mass is 79.9. The molecule has 0 amide bonds. The van der Waals surface area contributed by atoms with Crippen LogP contribution in [0, 0.1) is 13.8 Å². The Morgan fingerprint density at radius 3 is 1.11 bits per heavy atom. The molecule has 0 heterocycles. The van der Waals surface area contributed by atoms with Crippen LogP contribution in [0.25, 0.3) is 0 Å². The van der Waals surface area contributed by atoms with Gasteiger partial charge in [-0.3, -0.25) is 0 Å². The zero-order valence-corrected chi connectivity index (χ0v) is 43.3. The summed E-state index contributed by atoms with van der Waals surface area (Å²) >= 11 is 20.4. The fourth-order valence-corrected chi connectivity index (χ4v) is 6.85. The van der Waals surface area contributed by atoms with E-state index in [9.17, 15) is 0 Å². The lowest BCUT2D eigenvalue weighted by Crippen LogP contribution is -1.85. The van der Waals surface area contributed by atoms with Crippen LogP contribution in [0.3, 0.4) is 0 Å². The Morgan fingerprint density at radius 2 is 0.764 bits per heavy atom. The van der Waals surface area contributed by atoms with E-state index < -0.39 is 0 Å². The van der Waals surface area contributed by atoms with Crippen LogP contribution in [-0.2, 0) is 16.0 Å². The van der Waals surface area contributed by atoms with Gasteiger partial charge in [0.05, 0.1) is 35.5 Å². The highest BCUT2D eigenvalue weighted by Gasteiger charge is 2.00. The number of methoxy groups -OCH3 is 5. The van der Waals surface area contributed by atoms with Gasteiger partial charge in [-0.15, -0.1) is 0 Å². The fourth-order valence-electron chi connectivity index (χ4n) is 3.80. The van der Waals surface area contributed by atoms with E-state index in [1.807, 2.05) is 139 Å². The summed E-state index contributed by atoms with van der Waals surface area (Å²) < 4.78 is 28.5. The minimum atomic E-state index is 0.838. The standard InChI is InChI=1S/2C8H8Br2O.2C8H9BrO.C8H10O.2C2H6/c2*1-11-7-2-3-8(10)6(4-7)5-9;1-6-5-7(10-2)3-4-8(6)9;1-10-8-4-2-3-7(5-8)6-9;1-7-4-3-5-8(6-7)9-2;2*1-2/h2*2-4H,5H2,1H3;3-5H,1-2H3;2-5H,6H2,1H3;3-6H,1-2H3;2*1-2H3. The van der Waals surface area contributed by atoms with Crippen molar-refractivity contribution in [1.82, 2.24) is 0 Å². The molecular weight excluding hydrogens is 1090 g/mol. The molecule has 0 spiro atoms. The second-order valence-corrected chi connectivity index (χ2v) is 14.5. The minimum Gasteiger partial charge on any atom is -0.497 e. The topological polar surface area (TPSA) is 46.2 Å². The van der Waals surface area contributed by atoms with Gasteiger partial charge in [-0.2, -0.15) is 0 Å². The van der Waals surface area contributed by atoms with E-state index >= 15 is 0 Å². The van der Waals surface area contributed by atoms with Crippen LogP contribution in [0.1, 0.15) is 55.5 Å². The molecule has 0 saturated carbocycles. The molecule has 304 valence electrons. The van der Waals surface area contributed by atoms with Crippen LogP contribution in [0.4, 0.5) is 0 Å². The Kier molecular flexibility index (Phi) is 35.2. The number of benzene rings is 5. The lowest BCUT2D eigenvalue weighted by Gasteiger charge is -2.03. The third kappa shape index (κ3) is 24.4. The Morgan fingerprint density at radius 1 is 0.400 bits per heavy atom. The van der Waals surface area contributed by atoms with E-state index in [4.69, 9.17) is 23.7 Å². The first-order valence-electron chi connectivity index (χ1n) is 17.3. The third-order valence-corrected chi connectivity index (χ3v) is 11.0. The highest BCUT2D eigenvalue weighted by molar-refractivity contribution is 9.11. The molecule has 5 aromatic rings. The lowest BCUT2D eigenvalue weighted by molar-refractivity contribution is 0.414.